The number of imidazole rings is 1. The lowest BCUT2D eigenvalue weighted by Crippen LogP contribution is -2.49. The third kappa shape index (κ3) is 5.44. The number of rotatable bonds is 7. The molecule has 2 fully saturated rings. The number of piperidine rings is 1. The fourth-order valence-electron chi connectivity index (χ4n) is 6.23. The largest absolute Gasteiger partial charge is 0.343 e. The molecule has 2 saturated heterocycles. The van der Waals surface area contributed by atoms with Crippen LogP contribution in [0.3, 0.4) is 0 Å². The van der Waals surface area contributed by atoms with Crippen molar-refractivity contribution in [1.29, 1.82) is 0 Å². The van der Waals surface area contributed by atoms with Crippen molar-refractivity contribution in [2.45, 2.75) is 59.4 Å². The summed E-state index contributed by atoms with van der Waals surface area (Å²) in [4.78, 5) is 36.0. The van der Waals surface area contributed by atoms with Crippen molar-refractivity contribution in [2.24, 2.45) is 5.92 Å². The maximum Gasteiger partial charge on any atom is 0.254 e. The summed E-state index contributed by atoms with van der Waals surface area (Å²) < 4.78 is 16.6. The van der Waals surface area contributed by atoms with Gasteiger partial charge in [0.2, 0.25) is 5.91 Å². The number of pyridine rings is 1. The highest BCUT2D eigenvalue weighted by Gasteiger charge is 2.32. The van der Waals surface area contributed by atoms with Gasteiger partial charge in [0.25, 0.3) is 5.91 Å². The second-order valence-electron chi connectivity index (χ2n) is 11.5. The molecule has 3 aromatic rings. The van der Waals surface area contributed by atoms with Crippen LogP contribution in [0.2, 0.25) is 0 Å². The molecule has 0 saturated carbocycles. The Bertz CT molecular complexity index is 1370. The topological polar surface area (TPSA) is 61.2 Å². The van der Waals surface area contributed by atoms with Crippen molar-refractivity contribution in [3.8, 4) is 11.1 Å². The van der Waals surface area contributed by atoms with E-state index in [0.717, 1.165) is 68.0 Å². The summed E-state index contributed by atoms with van der Waals surface area (Å²) in [6, 6.07) is 6.74. The van der Waals surface area contributed by atoms with Gasteiger partial charge in [0, 0.05) is 69.9 Å². The zero-order valence-corrected chi connectivity index (χ0v) is 23.8. The van der Waals surface area contributed by atoms with E-state index in [1.807, 2.05) is 38.8 Å². The number of hydrogen-bond donors (Lipinski definition) is 0. The molecule has 4 heterocycles. The normalized spacial score (nSPS) is 17.2. The lowest BCUT2D eigenvalue weighted by Gasteiger charge is -2.43. The number of fused-ring (bicyclic) bond motifs is 1. The summed E-state index contributed by atoms with van der Waals surface area (Å²) >= 11 is 0. The molecule has 8 heteroatoms. The SMILES string of the molecule is CCN(C(=O)c1cc(F)ccc1-c1cc(C2CN(CC3CCN(C(C)=O)CC3)C2)cn2c(C)ncc12)C(C)C. The zero-order chi connectivity index (χ0) is 27.8. The monoisotopic (exact) mass is 533 g/mol. The average Bonchev–Trinajstić information content (AvgIpc) is 3.26. The van der Waals surface area contributed by atoms with Gasteiger partial charge in [0.05, 0.1) is 17.3 Å². The van der Waals surface area contributed by atoms with Gasteiger partial charge in [-0.3, -0.25) is 9.59 Å². The van der Waals surface area contributed by atoms with E-state index in [2.05, 4.69) is 26.5 Å². The van der Waals surface area contributed by atoms with Crippen molar-refractivity contribution >= 4 is 17.3 Å². The summed E-state index contributed by atoms with van der Waals surface area (Å²) in [5.74, 6) is 1.50. The Balaban J connectivity index is 1.41. The van der Waals surface area contributed by atoms with E-state index < -0.39 is 5.82 Å². The van der Waals surface area contributed by atoms with Crippen LogP contribution in [0, 0.1) is 18.7 Å². The molecule has 0 spiro atoms. The first-order valence-electron chi connectivity index (χ1n) is 14.2. The van der Waals surface area contributed by atoms with E-state index >= 15 is 0 Å². The van der Waals surface area contributed by atoms with Gasteiger partial charge in [-0.25, -0.2) is 9.37 Å². The van der Waals surface area contributed by atoms with Crippen molar-refractivity contribution in [3.05, 3.63) is 59.4 Å². The first-order chi connectivity index (χ1) is 18.7. The number of benzene rings is 1. The minimum absolute atomic E-state index is 0.0119. The maximum atomic E-state index is 14.5. The highest BCUT2D eigenvalue weighted by molar-refractivity contribution is 6.03. The number of aromatic nitrogens is 2. The predicted molar refractivity (Wildman–Crippen MR) is 151 cm³/mol. The van der Waals surface area contributed by atoms with Gasteiger partial charge in [-0.2, -0.15) is 0 Å². The van der Waals surface area contributed by atoms with Crippen LogP contribution in [0.25, 0.3) is 16.6 Å². The highest BCUT2D eigenvalue weighted by Crippen LogP contribution is 2.36. The summed E-state index contributed by atoms with van der Waals surface area (Å²) in [6.45, 7) is 14.9. The lowest BCUT2D eigenvalue weighted by atomic mass is 9.87. The molecule has 0 radical (unpaired) electrons. The van der Waals surface area contributed by atoms with Crippen molar-refractivity contribution < 1.29 is 14.0 Å². The van der Waals surface area contributed by atoms with Crippen LogP contribution in [0.5, 0.6) is 0 Å². The number of likely N-dealkylation sites (tertiary alicyclic amines) is 2. The van der Waals surface area contributed by atoms with Crippen LogP contribution in [0.4, 0.5) is 4.39 Å². The van der Waals surface area contributed by atoms with E-state index in [0.29, 0.717) is 23.9 Å². The van der Waals surface area contributed by atoms with Crippen LogP contribution < -0.4 is 0 Å². The second kappa shape index (κ2) is 11.1. The van der Waals surface area contributed by atoms with E-state index in [1.165, 1.54) is 17.7 Å². The molecule has 2 amide bonds. The number of nitrogens with zero attached hydrogens (tertiary/aromatic N) is 5. The Morgan fingerprint density at radius 1 is 1.13 bits per heavy atom. The van der Waals surface area contributed by atoms with Crippen LogP contribution in [0.15, 0.2) is 36.7 Å². The number of amides is 2. The first-order valence-corrected chi connectivity index (χ1v) is 14.2. The third-order valence-electron chi connectivity index (χ3n) is 8.58. The van der Waals surface area contributed by atoms with Gasteiger partial charge in [-0.15, -0.1) is 0 Å². The van der Waals surface area contributed by atoms with Gasteiger partial charge in [0.1, 0.15) is 11.6 Å². The summed E-state index contributed by atoms with van der Waals surface area (Å²) in [5.41, 5.74) is 4.15. The van der Waals surface area contributed by atoms with Crippen LogP contribution in [-0.4, -0.2) is 81.2 Å². The predicted octanol–water partition coefficient (Wildman–Crippen LogP) is 4.98. The van der Waals surface area contributed by atoms with Crippen LogP contribution in [-0.2, 0) is 4.79 Å². The van der Waals surface area contributed by atoms with Crippen molar-refractivity contribution in [2.75, 3.05) is 39.3 Å². The molecule has 0 atom stereocenters. The minimum Gasteiger partial charge on any atom is -0.343 e. The molecule has 2 aliphatic heterocycles. The molecule has 7 nitrogen and oxygen atoms in total. The van der Waals surface area contributed by atoms with Crippen LogP contribution >= 0.6 is 0 Å². The average molecular weight is 534 g/mol. The summed E-state index contributed by atoms with van der Waals surface area (Å²) in [6.07, 6.45) is 6.15. The smallest absolute Gasteiger partial charge is 0.254 e. The number of carbonyl (C=O) groups is 2. The lowest BCUT2D eigenvalue weighted by molar-refractivity contribution is -0.130. The number of aryl methyl sites for hydroxylation is 1. The molecule has 2 aliphatic rings. The summed E-state index contributed by atoms with van der Waals surface area (Å²) in [7, 11) is 0. The minimum atomic E-state index is -0.414. The van der Waals surface area contributed by atoms with Gasteiger partial charge in [-0.05, 0) is 75.8 Å². The summed E-state index contributed by atoms with van der Waals surface area (Å²) in [5, 5.41) is 0. The van der Waals surface area contributed by atoms with E-state index in [4.69, 9.17) is 0 Å². The van der Waals surface area contributed by atoms with E-state index in [9.17, 15) is 14.0 Å². The molecule has 39 heavy (non-hydrogen) atoms. The highest BCUT2D eigenvalue weighted by atomic mass is 19.1. The molecular formula is C31H40FN5O2. The molecule has 2 aromatic heterocycles. The second-order valence-corrected chi connectivity index (χ2v) is 11.5. The Morgan fingerprint density at radius 2 is 1.85 bits per heavy atom. The van der Waals surface area contributed by atoms with Gasteiger partial charge in [-0.1, -0.05) is 6.07 Å². The van der Waals surface area contributed by atoms with Gasteiger partial charge < -0.3 is 19.1 Å². The van der Waals surface area contributed by atoms with Crippen LogP contribution in [0.1, 0.15) is 68.2 Å². The van der Waals surface area contributed by atoms with Crippen molar-refractivity contribution in [1.82, 2.24) is 24.1 Å². The Labute approximate surface area is 230 Å². The fourth-order valence-corrected chi connectivity index (χ4v) is 6.23. The molecule has 0 bridgehead atoms. The zero-order valence-electron chi connectivity index (χ0n) is 23.8. The Hall–Kier alpha value is -3.26. The van der Waals surface area contributed by atoms with Gasteiger partial charge in [0.15, 0.2) is 0 Å². The Morgan fingerprint density at radius 3 is 2.49 bits per heavy atom. The van der Waals surface area contributed by atoms with E-state index in [-0.39, 0.29) is 17.9 Å². The van der Waals surface area contributed by atoms with Gasteiger partial charge >= 0.3 is 0 Å². The molecule has 0 unspecified atom stereocenters. The molecule has 1 aromatic carbocycles. The third-order valence-corrected chi connectivity index (χ3v) is 8.58. The maximum absolute atomic E-state index is 14.5. The molecular weight excluding hydrogens is 493 g/mol. The standard InChI is InChI=1S/C31H40FN5O2/c1-6-36(20(2)3)31(39)29-14-26(32)7-8-27(29)28-13-24(19-37-21(4)33-15-30(28)37)25-17-34(18-25)16-23-9-11-35(12-10-23)22(5)38/h7-8,13-15,19-20,23,25H,6,9-12,16-18H2,1-5H3. The number of hydrogen-bond acceptors (Lipinski definition) is 4. The molecule has 0 N–H and O–H groups in total. The quantitative estimate of drug-likeness (QED) is 0.430. The molecule has 0 aliphatic carbocycles. The fraction of sp³-hybridized carbons (Fsp3) is 0.516. The molecule has 208 valence electrons. The molecule has 5 rings (SSSR count). The number of halogens is 1. The van der Waals surface area contributed by atoms with E-state index in [1.54, 1.807) is 17.9 Å². The van der Waals surface area contributed by atoms with Crippen molar-refractivity contribution in [3.63, 3.8) is 0 Å². The first kappa shape index (κ1) is 27.3. The Kier molecular flexibility index (Phi) is 7.76. The number of carbonyl (C=O) groups excluding carboxylic acids is 2.